The molecule has 5 rings (SSSR count). The summed E-state index contributed by atoms with van der Waals surface area (Å²) in [5.74, 6) is 1.65. The summed E-state index contributed by atoms with van der Waals surface area (Å²) in [4.78, 5) is 39.3. The first-order valence-electron chi connectivity index (χ1n) is 12.6. The van der Waals surface area contributed by atoms with Gasteiger partial charge < -0.3 is 19.6 Å². The van der Waals surface area contributed by atoms with Crippen LogP contribution in [-0.4, -0.2) is 71.1 Å². The molecule has 1 amide bonds. The van der Waals surface area contributed by atoms with Gasteiger partial charge in [-0.3, -0.25) is 9.59 Å². The van der Waals surface area contributed by atoms with Crippen LogP contribution in [0.25, 0.3) is 27.2 Å². The summed E-state index contributed by atoms with van der Waals surface area (Å²) in [6, 6.07) is 9.12. The number of aromatic nitrogens is 2. The summed E-state index contributed by atoms with van der Waals surface area (Å²) in [5, 5.41) is 9.99. The summed E-state index contributed by atoms with van der Waals surface area (Å²) in [6.45, 7) is 5.79. The van der Waals surface area contributed by atoms with Crippen LogP contribution < -0.4 is 4.90 Å². The smallest absolute Gasteiger partial charge is 0.223 e. The fourth-order valence-electron chi connectivity index (χ4n) is 4.61. The number of anilines is 1. The molecule has 2 aliphatic rings. The molecule has 0 radical (unpaired) electrons. The molecule has 0 aliphatic carbocycles. The fourth-order valence-corrected chi connectivity index (χ4v) is 5.80. The van der Waals surface area contributed by atoms with Crippen LogP contribution in [-0.2, 0) is 14.3 Å². The van der Waals surface area contributed by atoms with Gasteiger partial charge in [-0.25, -0.2) is 9.97 Å². The number of ether oxygens (including phenoxy) is 1. The molecule has 0 spiro atoms. The van der Waals surface area contributed by atoms with Crippen molar-refractivity contribution in [2.24, 2.45) is 0 Å². The lowest BCUT2D eigenvalue weighted by molar-refractivity contribution is -0.132. The lowest BCUT2D eigenvalue weighted by Gasteiger charge is -2.28. The van der Waals surface area contributed by atoms with Gasteiger partial charge in [-0.15, -0.1) is 11.3 Å². The lowest BCUT2D eigenvalue weighted by atomic mass is 10.1. The molecule has 4 heterocycles. The number of phenols is 1. The van der Waals surface area contributed by atoms with E-state index in [-0.39, 0.29) is 30.3 Å². The molecule has 0 saturated carbocycles. The van der Waals surface area contributed by atoms with Gasteiger partial charge in [0.25, 0.3) is 0 Å². The molecule has 2 aromatic heterocycles. The zero-order valence-corrected chi connectivity index (χ0v) is 21.7. The van der Waals surface area contributed by atoms with E-state index in [1.165, 1.54) is 11.6 Å². The van der Waals surface area contributed by atoms with Gasteiger partial charge in [-0.05, 0) is 43.2 Å². The van der Waals surface area contributed by atoms with Gasteiger partial charge in [0, 0.05) is 49.5 Å². The van der Waals surface area contributed by atoms with Gasteiger partial charge in [0.15, 0.2) is 17.4 Å². The van der Waals surface area contributed by atoms with E-state index in [4.69, 9.17) is 14.7 Å². The average molecular weight is 519 g/mol. The molecule has 8 nitrogen and oxygen atoms in total. The highest BCUT2D eigenvalue weighted by molar-refractivity contribution is 7.20. The zero-order valence-electron chi connectivity index (χ0n) is 20.9. The molecule has 0 atom stereocenters. The van der Waals surface area contributed by atoms with Crippen LogP contribution in [0.3, 0.4) is 0 Å². The quantitative estimate of drug-likeness (QED) is 0.462. The number of aromatic hydroxyl groups is 1. The molecule has 1 saturated heterocycles. The Morgan fingerprint density at radius 1 is 1.14 bits per heavy atom. The SMILES string of the molecule is CC=CC(=O)CCC(=O)N1CC=C(c2cc3nc(-c4cccc(O)c4)nc(N4CCOCC4)c3s2)CC1. The summed E-state index contributed by atoms with van der Waals surface area (Å²) < 4.78 is 6.59. The maximum Gasteiger partial charge on any atom is 0.223 e. The van der Waals surface area contributed by atoms with Crippen LogP contribution in [0.1, 0.15) is 31.1 Å². The molecule has 192 valence electrons. The number of allylic oxidation sites excluding steroid dienone is 2. The maximum atomic E-state index is 12.6. The van der Waals surface area contributed by atoms with E-state index in [0.717, 1.165) is 46.0 Å². The van der Waals surface area contributed by atoms with Crippen LogP contribution >= 0.6 is 11.3 Å². The molecule has 2 aliphatic heterocycles. The Kier molecular flexibility index (Phi) is 7.62. The molecule has 0 unspecified atom stereocenters. The first kappa shape index (κ1) is 25.1. The monoisotopic (exact) mass is 518 g/mol. The number of nitrogens with zero attached hydrogens (tertiary/aromatic N) is 4. The third kappa shape index (κ3) is 5.73. The number of hydrogen-bond donors (Lipinski definition) is 1. The largest absolute Gasteiger partial charge is 0.508 e. The van der Waals surface area contributed by atoms with Crippen LogP contribution in [0.4, 0.5) is 5.82 Å². The van der Waals surface area contributed by atoms with Gasteiger partial charge in [0.05, 0.1) is 23.4 Å². The predicted molar refractivity (Wildman–Crippen MR) is 146 cm³/mol. The van der Waals surface area contributed by atoms with Crippen molar-refractivity contribution in [3.8, 4) is 17.1 Å². The van der Waals surface area contributed by atoms with Crippen LogP contribution in [0, 0.1) is 0 Å². The first-order valence-corrected chi connectivity index (χ1v) is 13.4. The van der Waals surface area contributed by atoms with Crippen molar-refractivity contribution in [3.05, 3.63) is 53.4 Å². The molecule has 1 fully saturated rings. The van der Waals surface area contributed by atoms with E-state index in [0.29, 0.717) is 32.1 Å². The van der Waals surface area contributed by atoms with Crippen LogP contribution in [0.2, 0.25) is 0 Å². The normalized spacial score (nSPS) is 16.4. The topological polar surface area (TPSA) is 95.9 Å². The highest BCUT2D eigenvalue weighted by Gasteiger charge is 2.23. The number of morpholine rings is 1. The van der Waals surface area contributed by atoms with E-state index in [2.05, 4.69) is 17.0 Å². The second-order valence-corrected chi connectivity index (χ2v) is 10.2. The van der Waals surface area contributed by atoms with Gasteiger partial charge in [0.2, 0.25) is 5.91 Å². The molecule has 0 bridgehead atoms. The van der Waals surface area contributed by atoms with E-state index in [1.54, 1.807) is 42.5 Å². The minimum Gasteiger partial charge on any atom is -0.508 e. The van der Waals surface area contributed by atoms with Gasteiger partial charge >= 0.3 is 0 Å². The van der Waals surface area contributed by atoms with Crippen molar-refractivity contribution in [3.63, 3.8) is 0 Å². The predicted octanol–water partition coefficient (Wildman–Crippen LogP) is 4.44. The Balaban J connectivity index is 1.41. The number of carbonyl (C=O) groups excluding carboxylic acids is 2. The second-order valence-electron chi connectivity index (χ2n) is 9.13. The third-order valence-corrected chi connectivity index (χ3v) is 7.78. The number of phenolic OH excluding ortho intramolecular Hbond substituents is 1. The summed E-state index contributed by atoms with van der Waals surface area (Å²) in [7, 11) is 0. The average Bonchev–Trinajstić information content (AvgIpc) is 3.36. The number of thiophene rings is 1. The van der Waals surface area contributed by atoms with E-state index < -0.39 is 0 Å². The Hall–Kier alpha value is -3.56. The van der Waals surface area contributed by atoms with Crippen molar-refractivity contribution in [1.29, 1.82) is 0 Å². The minimum absolute atomic E-state index is 0.0146. The number of amides is 1. The standard InChI is InChI=1S/C28H30N4O4S/c1-2-4-21(33)7-8-25(35)31-11-9-19(10-12-31)24-18-23-26(37-24)28(32-13-15-36-16-14-32)30-27(29-23)20-5-3-6-22(34)17-20/h2-6,9,17-18,34H,7-8,10-16H2,1H3. The molecule has 1 N–H and O–H groups in total. The molecular formula is C28H30N4O4S. The van der Waals surface area contributed by atoms with Gasteiger partial charge in [-0.1, -0.05) is 24.3 Å². The molecule has 1 aromatic carbocycles. The van der Waals surface area contributed by atoms with E-state index >= 15 is 0 Å². The van der Waals surface area contributed by atoms with E-state index in [1.807, 2.05) is 11.0 Å². The maximum absolute atomic E-state index is 12.6. The number of carbonyl (C=O) groups is 2. The second kappa shape index (κ2) is 11.2. The van der Waals surface area contributed by atoms with Crippen molar-refractivity contribution in [1.82, 2.24) is 14.9 Å². The highest BCUT2D eigenvalue weighted by atomic mass is 32.1. The molecule has 3 aromatic rings. The summed E-state index contributed by atoms with van der Waals surface area (Å²) in [5.41, 5.74) is 2.84. The number of rotatable bonds is 7. The molecule has 37 heavy (non-hydrogen) atoms. The lowest BCUT2D eigenvalue weighted by Crippen LogP contribution is -2.36. The summed E-state index contributed by atoms with van der Waals surface area (Å²) >= 11 is 1.68. The van der Waals surface area contributed by atoms with Gasteiger partial charge in [0.1, 0.15) is 5.75 Å². The Morgan fingerprint density at radius 2 is 1.97 bits per heavy atom. The van der Waals surface area contributed by atoms with Crippen LogP contribution in [0.5, 0.6) is 5.75 Å². The molecule has 9 heteroatoms. The Morgan fingerprint density at radius 3 is 2.70 bits per heavy atom. The Labute approximate surface area is 219 Å². The Bertz CT molecular complexity index is 1370. The zero-order chi connectivity index (χ0) is 25.8. The number of hydrogen-bond acceptors (Lipinski definition) is 8. The number of ketones is 1. The van der Waals surface area contributed by atoms with Crippen molar-refractivity contribution in [2.75, 3.05) is 44.3 Å². The minimum atomic E-state index is -0.0170. The third-order valence-electron chi connectivity index (χ3n) is 6.58. The van der Waals surface area contributed by atoms with Crippen LogP contribution in [0.15, 0.2) is 48.6 Å². The van der Waals surface area contributed by atoms with Crippen molar-refractivity contribution in [2.45, 2.75) is 26.2 Å². The van der Waals surface area contributed by atoms with E-state index in [9.17, 15) is 14.7 Å². The van der Waals surface area contributed by atoms with Crippen molar-refractivity contribution >= 4 is 44.6 Å². The number of fused-ring (bicyclic) bond motifs is 1. The van der Waals surface area contributed by atoms with Crippen molar-refractivity contribution < 1.29 is 19.4 Å². The first-order chi connectivity index (χ1) is 18.0. The number of benzene rings is 1. The van der Waals surface area contributed by atoms with Gasteiger partial charge in [-0.2, -0.15) is 0 Å². The fraction of sp³-hybridized carbons (Fsp3) is 0.357. The highest BCUT2D eigenvalue weighted by Crippen LogP contribution is 2.38. The summed E-state index contributed by atoms with van der Waals surface area (Å²) in [6.07, 6.45) is 6.57. The molecular weight excluding hydrogens is 488 g/mol.